The maximum atomic E-state index is 13.7. The summed E-state index contributed by atoms with van der Waals surface area (Å²) in [6.07, 6.45) is 0.332. The van der Waals surface area contributed by atoms with Crippen LogP contribution >= 0.6 is 0 Å². The van der Waals surface area contributed by atoms with Gasteiger partial charge in [-0.2, -0.15) is 0 Å². The summed E-state index contributed by atoms with van der Waals surface area (Å²) >= 11 is 0. The van der Waals surface area contributed by atoms with Gasteiger partial charge in [0.15, 0.2) is 5.78 Å². The van der Waals surface area contributed by atoms with Crippen molar-refractivity contribution >= 4 is 5.78 Å². The van der Waals surface area contributed by atoms with Crippen molar-refractivity contribution in [1.82, 2.24) is 5.32 Å². The molecule has 0 bridgehead atoms. The molecule has 3 heteroatoms. The van der Waals surface area contributed by atoms with E-state index in [0.29, 0.717) is 19.0 Å². The molecule has 0 aliphatic carbocycles. The summed E-state index contributed by atoms with van der Waals surface area (Å²) in [6.45, 7) is 8.22. The molecule has 94 valence electrons. The highest BCUT2D eigenvalue weighted by molar-refractivity contribution is 5.97. The molecule has 0 radical (unpaired) electrons. The number of hydrogen-bond acceptors (Lipinski definition) is 2. The lowest BCUT2D eigenvalue weighted by atomic mass is 9.99. The predicted octanol–water partition coefficient (Wildman–Crippen LogP) is 3.01. The largest absolute Gasteiger partial charge is 0.314 e. The van der Waals surface area contributed by atoms with Gasteiger partial charge in [0, 0.05) is 19.0 Å². The number of benzene rings is 1. The number of aryl methyl sites for hydroxylation is 2. The SMILES string of the molecule is Cc1cc(C)c(C(=O)CCNC(C)C)c(F)c1. The van der Waals surface area contributed by atoms with Gasteiger partial charge in [-0.05, 0) is 31.0 Å². The van der Waals surface area contributed by atoms with E-state index in [2.05, 4.69) is 5.32 Å². The molecule has 0 aliphatic rings. The molecular formula is C14H20FNO. The number of rotatable bonds is 5. The van der Waals surface area contributed by atoms with E-state index in [4.69, 9.17) is 0 Å². The summed E-state index contributed by atoms with van der Waals surface area (Å²) in [5, 5.41) is 3.15. The van der Waals surface area contributed by atoms with Gasteiger partial charge in [0.25, 0.3) is 0 Å². The zero-order valence-corrected chi connectivity index (χ0v) is 10.9. The molecular weight excluding hydrogens is 217 g/mol. The molecule has 0 amide bonds. The molecule has 0 saturated heterocycles. The van der Waals surface area contributed by atoms with Gasteiger partial charge < -0.3 is 5.32 Å². The van der Waals surface area contributed by atoms with Gasteiger partial charge in [0.05, 0.1) is 5.56 Å². The van der Waals surface area contributed by atoms with Gasteiger partial charge in [-0.15, -0.1) is 0 Å². The Kier molecular flexibility index (Phi) is 4.82. The second-order valence-corrected chi connectivity index (χ2v) is 4.72. The zero-order chi connectivity index (χ0) is 13.0. The van der Waals surface area contributed by atoms with Crippen molar-refractivity contribution in [3.63, 3.8) is 0 Å². The third-order valence-electron chi connectivity index (χ3n) is 2.62. The fourth-order valence-corrected chi connectivity index (χ4v) is 1.87. The van der Waals surface area contributed by atoms with Crippen molar-refractivity contribution < 1.29 is 9.18 Å². The van der Waals surface area contributed by atoms with Gasteiger partial charge in [0.1, 0.15) is 5.82 Å². The fraction of sp³-hybridized carbons (Fsp3) is 0.500. The second kappa shape index (κ2) is 5.92. The topological polar surface area (TPSA) is 29.1 Å². The molecule has 0 fully saturated rings. The van der Waals surface area contributed by atoms with E-state index in [9.17, 15) is 9.18 Å². The normalized spacial score (nSPS) is 10.9. The summed E-state index contributed by atoms with van der Waals surface area (Å²) in [4.78, 5) is 11.9. The second-order valence-electron chi connectivity index (χ2n) is 4.72. The Balaban J connectivity index is 2.76. The van der Waals surface area contributed by atoms with Crippen LogP contribution in [0.2, 0.25) is 0 Å². The summed E-state index contributed by atoms with van der Waals surface area (Å²) in [7, 11) is 0. The highest BCUT2D eigenvalue weighted by Gasteiger charge is 2.14. The molecule has 0 atom stereocenters. The van der Waals surface area contributed by atoms with E-state index in [-0.39, 0.29) is 11.3 Å². The van der Waals surface area contributed by atoms with E-state index < -0.39 is 5.82 Å². The first-order valence-corrected chi connectivity index (χ1v) is 5.95. The van der Waals surface area contributed by atoms with Crippen molar-refractivity contribution in [2.75, 3.05) is 6.54 Å². The smallest absolute Gasteiger partial charge is 0.167 e. The van der Waals surface area contributed by atoms with Crippen molar-refractivity contribution in [3.8, 4) is 0 Å². The molecule has 1 aromatic carbocycles. The van der Waals surface area contributed by atoms with Gasteiger partial charge in [0.2, 0.25) is 0 Å². The molecule has 17 heavy (non-hydrogen) atoms. The summed E-state index contributed by atoms with van der Waals surface area (Å²) in [5.41, 5.74) is 1.80. The molecule has 0 unspecified atom stereocenters. The number of halogens is 1. The first kappa shape index (κ1) is 13.8. The van der Waals surface area contributed by atoms with Crippen molar-refractivity contribution in [1.29, 1.82) is 0 Å². The predicted molar refractivity (Wildman–Crippen MR) is 68.0 cm³/mol. The Morgan fingerprint density at radius 3 is 2.53 bits per heavy atom. The average Bonchev–Trinajstić information content (AvgIpc) is 2.14. The molecule has 0 heterocycles. The van der Waals surface area contributed by atoms with E-state index in [1.54, 1.807) is 6.92 Å². The van der Waals surface area contributed by atoms with Gasteiger partial charge in [-0.1, -0.05) is 19.9 Å². The number of carbonyl (C=O) groups excluding carboxylic acids is 1. The van der Waals surface area contributed by atoms with Crippen LogP contribution in [0.15, 0.2) is 12.1 Å². The number of nitrogens with one attached hydrogen (secondary N) is 1. The molecule has 0 aromatic heterocycles. The van der Waals surface area contributed by atoms with Crippen LogP contribution in [0, 0.1) is 19.7 Å². The zero-order valence-electron chi connectivity index (χ0n) is 10.9. The minimum Gasteiger partial charge on any atom is -0.314 e. The van der Waals surface area contributed by atoms with Gasteiger partial charge in [-0.25, -0.2) is 4.39 Å². The third kappa shape index (κ3) is 3.93. The highest BCUT2D eigenvalue weighted by Crippen LogP contribution is 2.17. The monoisotopic (exact) mass is 237 g/mol. The van der Waals surface area contributed by atoms with Crippen LogP contribution in [-0.2, 0) is 0 Å². The van der Waals surface area contributed by atoms with Crippen LogP contribution in [0.1, 0.15) is 41.8 Å². The quantitative estimate of drug-likeness (QED) is 0.798. The molecule has 2 nitrogen and oxygen atoms in total. The van der Waals surface area contributed by atoms with Crippen molar-refractivity contribution in [2.45, 2.75) is 40.2 Å². The third-order valence-corrected chi connectivity index (χ3v) is 2.62. The highest BCUT2D eigenvalue weighted by atomic mass is 19.1. The Morgan fingerprint density at radius 1 is 1.35 bits per heavy atom. The summed E-state index contributed by atoms with van der Waals surface area (Å²) in [6, 6.07) is 3.59. The summed E-state index contributed by atoms with van der Waals surface area (Å²) < 4.78 is 13.7. The van der Waals surface area contributed by atoms with E-state index in [1.165, 1.54) is 6.07 Å². The lowest BCUT2D eigenvalue weighted by Gasteiger charge is -2.10. The molecule has 0 saturated carbocycles. The Hall–Kier alpha value is -1.22. The van der Waals surface area contributed by atoms with Crippen LogP contribution in [0.3, 0.4) is 0 Å². The maximum Gasteiger partial charge on any atom is 0.167 e. The summed E-state index contributed by atoms with van der Waals surface area (Å²) in [5.74, 6) is -0.537. The first-order valence-electron chi connectivity index (χ1n) is 5.95. The standard InChI is InChI=1S/C14H20FNO/c1-9(2)16-6-5-13(17)14-11(4)7-10(3)8-12(14)15/h7-9,16H,5-6H2,1-4H3. The molecule has 0 spiro atoms. The van der Waals surface area contributed by atoms with Crippen LogP contribution < -0.4 is 5.32 Å². The van der Waals surface area contributed by atoms with E-state index in [0.717, 1.165) is 11.1 Å². The van der Waals surface area contributed by atoms with E-state index in [1.807, 2.05) is 26.8 Å². The molecule has 1 N–H and O–H groups in total. The molecule has 1 rings (SSSR count). The lowest BCUT2D eigenvalue weighted by molar-refractivity contribution is 0.0977. The Labute approximate surface area is 102 Å². The van der Waals surface area contributed by atoms with Crippen molar-refractivity contribution in [3.05, 3.63) is 34.6 Å². The lowest BCUT2D eigenvalue weighted by Crippen LogP contribution is -2.25. The van der Waals surface area contributed by atoms with E-state index >= 15 is 0 Å². The minimum absolute atomic E-state index is 0.131. The Morgan fingerprint density at radius 2 is 2.00 bits per heavy atom. The van der Waals surface area contributed by atoms with Gasteiger partial charge in [-0.3, -0.25) is 4.79 Å². The van der Waals surface area contributed by atoms with Crippen LogP contribution in [-0.4, -0.2) is 18.4 Å². The molecule has 1 aromatic rings. The van der Waals surface area contributed by atoms with Crippen LogP contribution in [0.25, 0.3) is 0 Å². The number of carbonyl (C=O) groups is 1. The number of Topliss-reactive ketones (excluding diaryl/α,β-unsaturated/α-hetero) is 1. The molecule has 0 aliphatic heterocycles. The van der Waals surface area contributed by atoms with Gasteiger partial charge >= 0.3 is 0 Å². The van der Waals surface area contributed by atoms with Crippen LogP contribution in [0.5, 0.6) is 0 Å². The number of ketones is 1. The minimum atomic E-state index is -0.406. The Bertz CT molecular complexity index is 390. The first-order chi connectivity index (χ1) is 7.91. The van der Waals surface area contributed by atoms with Crippen molar-refractivity contribution in [2.24, 2.45) is 0 Å². The van der Waals surface area contributed by atoms with Crippen LogP contribution in [0.4, 0.5) is 4.39 Å². The average molecular weight is 237 g/mol. The number of hydrogen-bond donors (Lipinski definition) is 1. The maximum absolute atomic E-state index is 13.7. The fourth-order valence-electron chi connectivity index (χ4n) is 1.87.